The zero-order valence-corrected chi connectivity index (χ0v) is 12.0. The minimum absolute atomic E-state index is 0.278. The van der Waals surface area contributed by atoms with Crippen molar-refractivity contribution in [2.45, 2.75) is 13.5 Å². The van der Waals surface area contributed by atoms with Gasteiger partial charge in [0, 0.05) is 0 Å². The first-order chi connectivity index (χ1) is 9.06. The molecule has 0 aromatic heterocycles. The van der Waals surface area contributed by atoms with Crippen molar-refractivity contribution in [1.82, 2.24) is 0 Å². The molecule has 0 radical (unpaired) electrons. The number of hydrogen-bond donors (Lipinski definition) is 1. The Morgan fingerprint density at radius 1 is 1.21 bits per heavy atom. The maximum atomic E-state index is 10.7. The predicted molar refractivity (Wildman–Crippen MR) is 76.6 cm³/mol. The third-order valence-electron chi connectivity index (χ3n) is 2.68. The molecule has 0 unspecified atom stereocenters. The highest BCUT2D eigenvalue weighted by atomic mass is 79.9. The van der Waals surface area contributed by atoms with E-state index in [2.05, 4.69) is 15.9 Å². The van der Waals surface area contributed by atoms with Crippen LogP contribution in [0.15, 0.2) is 46.9 Å². The summed E-state index contributed by atoms with van der Waals surface area (Å²) < 4.78 is 6.60. The van der Waals surface area contributed by atoms with Gasteiger partial charge in [-0.25, -0.2) is 4.79 Å². The van der Waals surface area contributed by atoms with Crippen LogP contribution in [0.5, 0.6) is 5.75 Å². The van der Waals surface area contributed by atoms with Crippen LogP contribution in [0.4, 0.5) is 0 Å². The molecule has 0 heterocycles. The summed E-state index contributed by atoms with van der Waals surface area (Å²) in [6, 6.07) is 12.5. The molecule has 0 aliphatic carbocycles. The fraction of sp³-hybridized carbons (Fsp3) is 0.133. The van der Waals surface area contributed by atoms with E-state index in [0.717, 1.165) is 21.3 Å². The third-order valence-corrected chi connectivity index (χ3v) is 3.30. The minimum atomic E-state index is -0.922. The lowest BCUT2D eigenvalue weighted by Gasteiger charge is -2.09. The van der Waals surface area contributed by atoms with Gasteiger partial charge in [-0.1, -0.05) is 18.2 Å². The van der Waals surface area contributed by atoms with Crippen LogP contribution in [0.2, 0.25) is 0 Å². The topological polar surface area (TPSA) is 46.5 Å². The molecule has 4 heteroatoms. The van der Waals surface area contributed by atoms with Gasteiger partial charge in [-0.3, -0.25) is 0 Å². The Bertz CT molecular complexity index is 591. The van der Waals surface area contributed by atoms with Crippen LogP contribution in [0.1, 0.15) is 21.5 Å². The van der Waals surface area contributed by atoms with E-state index in [-0.39, 0.29) is 5.56 Å². The third kappa shape index (κ3) is 3.58. The van der Waals surface area contributed by atoms with Crippen LogP contribution < -0.4 is 4.74 Å². The van der Waals surface area contributed by atoms with Crippen LogP contribution in [-0.4, -0.2) is 11.1 Å². The van der Waals surface area contributed by atoms with Gasteiger partial charge in [0.2, 0.25) is 0 Å². The quantitative estimate of drug-likeness (QED) is 0.924. The zero-order valence-electron chi connectivity index (χ0n) is 10.4. The van der Waals surface area contributed by atoms with E-state index in [4.69, 9.17) is 9.84 Å². The molecule has 0 aliphatic rings. The first-order valence-corrected chi connectivity index (χ1v) is 6.57. The Morgan fingerprint density at radius 3 is 2.47 bits per heavy atom. The fourth-order valence-corrected chi connectivity index (χ4v) is 2.24. The Labute approximate surface area is 120 Å². The summed E-state index contributed by atoms with van der Waals surface area (Å²) in [5.41, 5.74) is 2.36. The molecule has 2 aromatic rings. The molecule has 98 valence electrons. The number of benzene rings is 2. The fourth-order valence-electron chi connectivity index (χ4n) is 1.63. The van der Waals surface area contributed by atoms with Crippen molar-refractivity contribution in [3.8, 4) is 5.75 Å². The smallest absolute Gasteiger partial charge is 0.335 e. The molecule has 0 amide bonds. The molecule has 0 saturated heterocycles. The van der Waals surface area contributed by atoms with Crippen LogP contribution in [-0.2, 0) is 6.61 Å². The molecule has 2 rings (SSSR count). The van der Waals surface area contributed by atoms with Gasteiger partial charge in [0.1, 0.15) is 12.4 Å². The Balaban J connectivity index is 2.04. The number of aryl methyl sites for hydroxylation is 1. The largest absolute Gasteiger partial charge is 0.488 e. The standard InChI is InChI=1S/C15H13BrO3/c1-10-2-7-14(13(16)8-10)19-9-11-3-5-12(6-4-11)15(17)18/h2-8H,9H2,1H3,(H,17,18). The van der Waals surface area contributed by atoms with Gasteiger partial charge < -0.3 is 9.84 Å². The van der Waals surface area contributed by atoms with E-state index >= 15 is 0 Å². The van der Waals surface area contributed by atoms with Gasteiger partial charge in [-0.2, -0.15) is 0 Å². The average Bonchev–Trinajstić information content (AvgIpc) is 2.38. The summed E-state index contributed by atoms with van der Waals surface area (Å²) in [4.78, 5) is 10.7. The number of hydrogen-bond acceptors (Lipinski definition) is 2. The molecule has 0 bridgehead atoms. The van der Waals surface area contributed by atoms with E-state index in [1.165, 1.54) is 0 Å². The normalized spacial score (nSPS) is 10.2. The molecule has 1 N–H and O–H groups in total. The van der Waals surface area contributed by atoms with E-state index in [1.807, 2.05) is 25.1 Å². The molecular formula is C15H13BrO3. The Hall–Kier alpha value is -1.81. The van der Waals surface area contributed by atoms with Gasteiger partial charge in [0.25, 0.3) is 0 Å². The van der Waals surface area contributed by atoms with E-state index in [1.54, 1.807) is 24.3 Å². The average molecular weight is 321 g/mol. The van der Waals surface area contributed by atoms with Crippen LogP contribution >= 0.6 is 15.9 Å². The second-order valence-electron chi connectivity index (χ2n) is 4.22. The molecule has 0 fully saturated rings. The second kappa shape index (κ2) is 5.89. The first-order valence-electron chi connectivity index (χ1n) is 5.77. The van der Waals surface area contributed by atoms with Crippen molar-refractivity contribution in [2.75, 3.05) is 0 Å². The zero-order chi connectivity index (χ0) is 13.8. The maximum absolute atomic E-state index is 10.7. The molecule has 0 spiro atoms. The second-order valence-corrected chi connectivity index (χ2v) is 5.08. The summed E-state index contributed by atoms with van der Waals surface area (Å²) >= 11 is 3.45. The molecule has 0 atom stereocenters. The number of carbonyl (C=O) groups is 1. The number of halogens is 1. The SMILES string of the molecule is Cc1ccc(OCc2ccc(C(=O)O)cc2)c(Br)c1. The van der Waals surface area contributed by atoms with E-state index < -0.39 is 5.97 Å². The van der Waals surface area contributed by atoms with E-state index in [0.29, 0.717) is 6.61 Å². The van der Waals surface area contributed by atoms with Gasteiger partial charge in [0.05, 0.1) is 10.0 Å². The molecule has 19 heavy (non-hydrogen) atoms. The van der Waals surface area contributed by atoms with Crippen LogP contribution in [0, 0.1) is 6.92 Å². The number of carboxylic acid groups (broad SMARTS) is 1. The first kappa shape index (κ1) is 13.6. The molecule has 0 saturated carbocycles. The highest BCUT2D eigenvalue weighted by Crippen LogP contribution is 2.26. The minimum Gasteiger partial charge on any atom is -0.488 e. The van der Waals surface area contributed by atoms with Gasteiger partial charge in [0.15, 0.2) is 0 Å². The number of carboxylic acids is 1. The number of rotatable bonds is 4. The molecule has 3 nitrogen and oxygen atoms in total. The van der Waals surface area contributed by atoms with Gasteiger partial charge in [-0.05, 0) is 58.2 Å². The van der Waals surface area contributed by atoms with Crippen molar-refractivity contribution in [3.05, 3.63) is 63.6 Å². The summed E-state index contributed by atoms with van der Waals surface area (Å²) in [5.74, 6) is -0.151. The van der Waals surface area contributed by atoms with E-state index in [9.17, 15) is 4.79 Å². The van der Waals surface area contributed by atoms with Crippen molar-refractivity contribution in [3.63, 3.8) is 0 Å². The Kier molecular flexibility index (Phi) is 4.22. The molecule has 2 aromatic carbocycles. The van der Waals surface area contributed by atoms with Crippen LogP contribution in [0.25, 0.3) is 0 Å². The lowest BCUT2D eigenvalue weighted by atomic mass is 10.1. The lowest BCUT2D eigenvalue weighted by Crippen LogP contribution is -1.99. The highest BCUT2D eigenvalue weighted by Gasteiger charge is 2.04. The summed E-state index contributed by atoms with van der Waals surface area (Å²) in [6.45, 7) is 2.42. The Morgan fingerprint density at radius 2 is 1.89 bits per heavy atom. The van der Waals surface area contributed by atoms with Crippen molar-refractivity contribution < 1.29 is 14.6 Å². The predicted octanol–water partition coefficient (Wildman–Crippen LogP) is 4.03. The number of aromatic carboxylic acids is 1. The van der Waals surface area contributed by atoms with Crippen molar-refractivity contribution in [2.24, 2.45) is 0 Å². The summed E-state index contributed by atoms with van der Waals surface area (Å²) in [6.07, 6.45) is 0. The van der Waals surface area contributed by atoms with Gasteiger partial charge >= 0.3 is 5.97 Å². The van der Waals surface area contributed by atoms with Crippen molar-refractivity contribution in [1.29, 1.82) is 0 Å². The summed E-state index contributed by atoms with van der Waals surface area (Å²) in [5, 5.41) is 8.81. The summed E-state index contributed by atoms with van der Waals surface area (Å²) in [7, 11) is 0. The van der Waals surface area contributed by atoms with Gasteiger partial charge in [-0.15, -0.1) is 0 Å². The highest BCUT2D eigenvalue weighted by molar-refractivity contribution is 9.10. The maximum Gasteiger partial charge on any atom is 0.335 e. The molecular weight excluding hydrogens is 308 g/mol. The monoisotopic (exact) mass is 320 g/mol. The number of ether oxygens (including phenoxy) is 1. The molecule has 0 aliphatic heterocycles. The lowest BCUT2D eigenvalue weighted by molar-refractivity contribution is 0.0697. The van der Waals surface area contributed by atoms with Crippen LogP contribution in [0.3, 0.4) is 0 Å². The van der Waals surface area contributed by atoms with Crippen molar-refractivity contribution >= 4 is 21.9 Å².